The lowest BCUT2D eigenvalue weighted by Gasteiger charge is -2.25. The Labute approximate surface area is 130 Å². The molecule has 1 aliphatic rings. The Hall–Kier alpha value is -1.58. The SMILES string of the molecule is Cc1c(O[C@H](c2ccccc2)C2CCNC2)ccnc1Cl. The summed E-state index contributed by atoms with van der Waals surface area (Å²) in [5.41, 5.74) is 2.10. The van der Waals surface area contributed by atoms with Gasteiger partial charge in [0.25, 0.3) is 0 Å². The second-order valence-electron chi connectivity index (χ2n) is 5.43. The van der Waals surface area contributed by atoms with Crippen molar-refractivity contribution < 1.29 is 4.74 Å². The van der Waals surface area contributed by atoms with Gasteiger partial charge in [-0.3, -0.25) is 0 Å². The highest BCUT2D eigenvalue weighted by Crippen LogP contribution is 2.34. The van der Waals surface area contributed by atoms with E-state index in [0.29, 0.717) is 11.1 Å². The van der Waals surface area contributed by atoms with Gasteiger partial charge in [0, 0.05) is 24.2 Å². The molecule has 3 nitrogen and oxygen atoms in total. The van der Waals surface area contributed by atoms with Gasteiger partial charge in [-0.15, -0.1) is 0 Å². The number of aromatic nitrogens is 1. The minimum Gasteiger partial charge on any atom is -0.485 e. The summed E-state index contributed by atoms with van der Waals surface area (Å²) in [6.07, 6.45) is 2.86. The highest BCUT2D eigenvalue weighted by molar-refractivity contribution is 6.30. The number of benzene rings is 1. The first-order valence-electron chi connectivity index (χ1n) is 7.29. The maximum atomic E-state index is 6.33. The molecule has 0 spiro atoms. The van der Waals surface area contributed by atoms with Crippen molar-refractivity contribution in [2.24, 2.45) is 5.92 Å². The van der Waals surface area contributed by atoms with Crippen LogP contribution in [0.15, 0.2) is 42.6 Å². The van der Waals surface area contributed by atoms with Gasteiger partial charge >= 0.3 is 0 Å². The maximum Gasteiger partial charge on any atom is 0.135 e. The van der Waals surface area contributed by atoms with Crippen LogP contribution in [0, 0.1) is 12.8 Å². The standard InChI is InChI=1S/C17H19ClN2O/c1-12-15(8-10-20-17(12)18)21-16(14-7-9-19-11-14)13-5-3-2-4-6-13/h2-6,8,10,14,16,19H,7,9,11H2,1H3/t14?,16-/m1/s1. The smallest absolute Gasteiger partial charge is 0.135 e. The minimum atomic E-state index is 0.0402. The van der Waals surface area contributed by atoms with Gasteiger partial charge in [0.1, 0.15) is 17.0 Å². The van der Waals surface area contributed by atoms with Crippen LogP contribution in [0.1, 0.15) is 23.7 Å². The molecule has 1 unspecified atom stereocenters. The fourth-order valence-electron chi connectivity index (χ4n) is 2.77. The molecule has 1 N–H and O–H groups in total. The number of ether oxygens (including phenoxy) is 1. The van der Waals surface area contributed by atoms with Gasteiger partial charge in [-0.2, -0.15) is 0 Å². The highest BCUT2D eigenvalue weighted by atomic mass is 35.5. The Balaban J connectivity index is 1.90. The molecule has 1 aliphatic heterocycles. The first-order chi connectivity index (χ1) is 10.3. The molecule has 21 heavy (non-hydrogen) atoms. The zero-order chi connectivity index (χ0) is 14.7. The normalized spacial score (nSPS) is 19.4. The number of halogens is 1. The summed E-state index contributed by atoms with van der Waals surface area (Å²) in [4.78, 5) is 4.09. The number of pyridine rings is 1. The minimum absolute atomic E-state index is 0.0402. The van der Waals surface area contributed by atoms with Crippen LogP contribution in [-0.4, -0.2) is 18.1 Å². The van der Waals surface area contributed by atoms with E-state index in [1.165, 1.54) is 5.56 Å². The Morgan fingerprint density at radius 2 is 2.10 bits per heavy atom. The molecule has 1 saturated heterocycles. The predicted molar refractivity (Wildman–Crippen MR) is 84.8 cm³/mol. The van der Waals surface area contributed by atoms with Crippen LogP contribution in [-0.2, 0) is 0 Å². The molecule has 1 aromatic heterocycles. The van der Waals surface area contributed by atoms with E-state index in [4.69, 9.17) is 16.3 Å². The van der Waals surface area contributed by atoms with Crippen molar-refractivity contribution in [3.8, 4) is 5.75 Å². The van der Waals surface area contributed by atoms with Crippen LogP contribution in [0.4, 0.5) is 0 Å². The molecule has 110 valence electrons. The number of rotatable bonds is 4. The maximum absolute atomic E-state index is 6.33. The van der Waals surface area contributed by atoms with Crippen LogP contribution in [0.3, 0.4) is 0 Å². The zero-order valence-electron chi connectivity index (χ0n) is 12.1. The monoisotopic (exact) mass is 302 g/mol. The summed E-state index contributed by atoms with van der Waals surface area (Å²) in [5.74, 6) is 1.29. The molecule has 0 saturated carbocycles. The zero-order valence-corrected chi connectivity index (χ0v) is 12.8. The van der Waals surface area contributed by atoms with Gasteiger partial charge in [0.2, 0.25) is 0 Å². The summed E-state index contributed by atoms with van der Waals surface area (Å²) in [6.45, 7) is 3.98. The number of nitrogens with zero attached hydrogens (tertiary/aromatic N) is 1. The van der Waals surface area contributed by atoms with E-state index in [1.54, 1.807) is 6.20 Å². The third-order valence-corrected chi connectivity index (χ3v) is 4.38. The molecule has 4 heteroatoms. The Kier molecular flexibility index (Phi) is 4.42. The van der Waals surface area contributed by atoms with Gasteiger partial charge in [-0.1, -0.05) is 41.9 Å². The lowest BCUT2D eigenvalue weighted by atomic mass is 9.94. The number of hydrogen-bond donors (Lipinski definition) is 1. The highest BCUT2D eigenvalue weighted by Gasteiger charge is 2.28. The molecule has 0 bridgehead atoms. The largest absolute Gasteiger partial charge is 0.485 e. The van der Waals surface area contributed by atoms with Crippen LogP contribution in [0.2, 0.25) is 5.15 Å². The number of nitrogens with one attached hydrogen (secondary N) is 1. The Bertz CT molecular complexity index is 597. The van der Waals surface area contributed by atoms with Gasteiger partial charge < -0.3 is 10.1 Å². The molecule has 2 heterocycles. The van der Waals surface area contributed by atoms with Gasteiger partial charge in [-0.05, 0) is 31.5 Å². The van der Waals surface area contributed by atoms with E-state index in [2.05, 4.69) is 34.6 Å². The molecule has 0 amide bonds. The van der Waals surface area contributed by atoms with Crippen molar-refractivity contribution in [3.63, 3.8) is 0 Å². The topological polar surface area (TPSA) is 34.1 Å². The third kappa shape index (κ3) is 3.20. The molecule has 1 fully saturated rings. The average Bonchev–Trinajstić information content (AvgIpc) is 3.04. The average molecular weight is 303 g/mol. The Morgan fingerprint density at radius 3 is 2.81 bits per heavy atom. The van der Waals surface area contributed by atoms with E-state index in [-0.39, 0.29) is 6.10 Å². The lowest BCUT2D eigenvalue weighted by molar-refractivity contribution is 0.143. The van der Waals surface area contributed by atoms with Gasteiger partial charge in [-0.25, -0.2) is 4.98 Å². The fraction of sp³-hybridized carbons (Fsp3) is 0.353. The van der Waals surface area contributed by atoms with Crippen molar-refractivity contribution >= 4 is 11.6 Å². The Morgan fingerprint density at radius 1 is 1.29 bits per heavy atom. The second kappa shape index (κ2) is 6.46. The van der Waals surface area contributed by atoms with E-state index in [9.17, 15) is 0 Å². The van der Waals surface area contributed by atoms with E-state index < -0.39 is 0 Å². The lowest BCUT2D eigenvalue weighted by Crippen LogP contribution is -2.21. The van der Waals surface area contributed by atoms with Gasteiger partial charge in [0.05, 0.1) is 0 Å². The van der Waals surface area contributed by atoms with Crippen LogP contribution in [0.5, 0.6) is 5.75 Å². The van der Waals surface area contributed by atoms with Crippen LogP contribution < -0.4 is 10.1 Å². The first-order valence-corrected chi connectivity index (χ1v) is 7.67. The fourth-order valence-corrected chi connectivity index (χ4v) is 2.92. The van der Waals surface area contributed by atoms with E-state index in [1.807, 2.05) is 19.1 Å². The molecule has 1 aromatic carbocycles. The van der Waals surface area contributed by atoms with E-state index >= 15 is 0 Å². The first kappa shape index (κ1) is 14.4. The third-order valence-electron chi connectivity index (χ3n) is 4.00. The van der Waals surface area contributed by atoms with Gasteiger partial charge in [0.15, 0.2) is 0 Å². The molecule has 2 atom stereocenters. The summed E-state index contributed by atoms with van der Waals surface area (Å²) in [6, 6.07) is 12.3. The van der Waals surface area contributed by atoms with Crippen molar-refractivity contribution in [2.45, 2.75) is 19.4 Å². The summed E-state index contributed by atoms with van der Waals surface area (Å²) < 4.78 is 6.33. The second-order valence-corrected chi connectivity index (χ2v) is 5.78. The van der Waals surface area contributed by atoms with E-state index in [0.717, 1.165) is 30.8 Å². The summed E-state index contributed by atoms with van der Waals surface area (Å²) in [5, 5.41) is 3.92. The summed E-state index contributed by atoms with van der Waals surface area (Å²) in [7, 11) is 0. The molecule has 3 rings (SSSR count). The van der Waals surface area contributed by atoms with Crippen LogP contribution in [0.25, 0.3) is 0 Å². The van der Waals surface area contributed by atoms with Crippen molar-refractivity contribution in [2.75, 3.05) is 13.1 Å². The van der Waals surface area contributed by atoms with Crippen molar-refractivity contribution in [1.82, 2.24) is 10.3 Å². The molecular weight excluding hydrogens is 284 g/mol. The molecule has 0 aliphatic carbocycles. The van der Waals surface area contributed by atoms with Crippen molar-refractivity contribution in [1.29, 1.82) is 0 Å². The summed E-state index contributed by atoms with van der Waals surface area (Å²) >= 11 is 6.10. The molecule has 0 radical (unpaired) electrons. The molecule has 2 aromatic rings. The van der Waals surface area contributed by atoms with Crippen LogP contribution >= 0.6 is 11.6 Å². The number of hydrogen-bond acceptors (Lipinski definition) is 3. The quantitative estimate of drug-likeness (QED) is 0.873. The molecular formula is C17H19ClN2O. The van der Waals surface area contributed by atoms with Crippen molar-refractivity contribution in [3.05, 3.63) is 58.9 Å². The predicted octanol–water partition coefficient (Wildman–Crippen LogP) is 3.77.